The molecule has 0 bridgehead atoms. The highest BCUT2D eigenvalue weighted by Gasteiger charge is 2.27. The molecule has 0 unspecified atom stereocenters. The number of rotatable bonds is 6. The van der Waals surface area contributed by atoms with Gasteiger partial charge in [-0.1, -0.05) is 86.0 Å². The van der Waals surface area contributed by atoms with Crippen LogP contribution in [0.25, 0.3) is 0 Å². The number of hydrogen-bond acceptors (Lipinski definition) is 2. The molecule has 1 aliphatic rings. The molecule has 1 N–H and O–H groups in total. The first-order chi connectivity index (χ1) is 12.3. The quantitative estimate of drug-likeness (QED) is 0.584. The predicted molar refractivity (Wildman–Crippen MR) is 105 cm³/mol. The van der Waals surface area contributed by atoms with Crippen LogP contribution in [0, 0.1) is 5.92 Å². The Morgan fingerprint density at radius 1 is 0.920 bits per heavy atom. The fourth-order valence-electron chi connectivity index (χ4n) is 3.68. The SMILES string of the molecule is C=C[C@H](N=C(c1ccccc1)c1ccccc1)[C@H](O)C1CCCCC1. The van der Waals surface area contributed by atoms with E-state index in [0.29, 0.717) is 5.92 Å². The fourth-order valence-corrected chi connectivity index (χ4v) is 3.68. The zero-order valence-electron chi connectivity index (χ0n) is 14.7. The van der Waals surface area contributed by atoms with Crippen molar-refractivity contribution in [1.29, 1.82) is 0 Å². The molecule has 2 heteroatoms. The molecule has 3 rings (SSSR count). The molecule has 0 spiro atoms. The molecule has 2 aromatic rings. The summed E-state index contributed by atoms with van der Waals surface area (Å²) < 4.78 is 0. The van der Waals surface area contributed by atoms with Crippen LogP contribution in [0.3, 0.4) is 0 Å². The van der Waals surface area contributed by atoms with Crippen molar-refractivity contribution in [3.8, 4) is 0 Å². The van der Waals surface area contributed by atoms with Gasteiger partial charge in [0.05, 0.1) is 17.9 Å². The number of aliphatic hydroxyl groups is 1. The predicted octanol–water partition coefficient (Wildman–Crippen LogP) is 5.02. The van der Waals surface area contributed by atoms with Crippen molar-refractivity contribution in [3.63, 3.8) is 0 Å². The molecular weight excluding hydrogens is 306 g/mol. The van der Waals surface area contributed by atoms with Gasteiger partial charge >= 0.3 is 0 Å². The second-order valence-electron chi connectivity index (χ2n) is 6.82. The molecule has 2 nitrogen and oxygen atoms in total. The highest BCUT2D eigenvalue weighted by molar-refractivity contribution is 6.13. The monoisotopic (exact) mass is 333 g/mol. The second-order valence-corrected chi connectivity index (χ2v) is 6.82. The first-order valence-electron chi connectivity index (χ1n) is 9.29. The van der Waals surface area contributed by atoms with Crippen molar-refractivity contribution in [1.82, 2.24) is 0 Å². The average molecular weight is 333 g/mol. The summed E-state index contributed by atoms with van der Waals surface area (Å²) in [6.07, 6.45) is 7.22. The van der Waals surface area contributed by atoms with E-state index in [1.165, 1.54) is 19.3 Å². The highest BCUT2D eigenvalue weighted by atomic mass is 16.3. The maximum absolute atomic E-state index is 10.9. The van der Waals surface area contributed by atoms with Crippen molar-refractivity contribution < 1.29 is 5.11 Å². The number of aliphatic hydroxyl groups excluding tert-OH is 1. The maximum atomic E-state index is 10.9. The van der Waals surface area contributed by atoms with Crippen LogP contribution >= 0.6 is 0 Å². The lowest BCUT2D eigenvalue weighted by Gasteiger charge is -2.29. The minimum Gasteiger partial charge on any atom is -0.390 e. The van der Waals surface area contributed by atoms with Crippen molar-refractivity contribution in [2.75, 3.05) is 0 Å². The number of hydrogen-bond donors (Lipinski definition) is 1. The van der Waals surface area contributed by atoms with E-state index in [4.69, 9.17) is 4.99 Å². The molecule has 130 valence electrons. The molecule has 0 radical (unpaired) electrons. The standard InChI is InChI=1S/C23H27NO/c1-2-21(23(25)20-16-10-5-11-17-20)24-22(18-12-6-3-7-13-18)19-14-8-4-9-15-19/h2-4,6-9,12-15,20-21,23,25H,1,5,10-11,16-17H2/t21-,23+/m0/s1. The number of aliphatic imine (C=N–C) groups is 1. The van der Waals surface area contributed by atoms with Crippen LogP contribution in [-0.4, -0.2) is 23.0 Å². The summed E-state index contributed by atoms with van der Waals surface area (Å²) in [5.41, 5.74) is 3.05. The molecule has 0 heterocycles. The van der Waals surface area contributed by atoms with Gasteiger partial charge in [-0.25, -0.2) is 0 Å². The van der Waals surface area contributed by atoms with E-state index in [1.807, 2.05) is 36.4 Å². The van der Waals surface area contributed by atoms with Crippen LogP contribution in [0.5, 0.6) is 0 Å². The van der Waals surface area contributed by atoms with Crippen LogP contribution in [0.2, 0.25) is 0 Å². The smallest absolute Gasteiger partial charge is 0.0946 e. The zero-order chi connectivity index (χ0) is 17.5. The third-order valence-corrected chi connectivity index (χ3v) is 5.10. The third-order valence-electron chi connectivity index (χ3n) is 5.10. The van der Waals surface area contributed by atoms with E-state index in [0.717, 1.165) is 29.7 Å². The summed E-state index contributed by atoms with van der Waals surface area (Å²) in [6.45, 7) is 3.95. The lowest BCUT2D eigenvalue weighted by molar-refractivity contribution is 0.0749. The molecule has 1 aliphatic carbocycles. The third kappa shape index (κ3) is 4.46. The molecular formula is C23H27NO. The molecule has 2 atom stereocenters. The summed E-state index contributed by atoms with van der Waals surface area (Å²) in [5, 5.41) is 10.9. The summed E-state index contributed by atoms with van der Waals surface area (Å²) in [7, 11) is 0. The van der Waals surface area contributed by atoms with Crippen molar-refractivity contribution in [2.24, 2.45) is 10.9 Å². The number of benzene rings is 2. The molecule has 0 aliphatic heterocycles. The summed E-state index contributed by atoms with van der Waals surface area (Å²) >= 11 is 0. The van der Waals surface area contributed by atoms with Gasteiger partial charge in [0.1, 0.15) is 0 Å². The Morgan fingerprint density at radius 2 is 1.44 bits per heavy atom. The Balaban J connectivity index is 1.94. The Labute approximate surface area is 150 Å². The summed E-state index contributed by atoms with van der Waals surface area (Å²) in [6, 6.07) is 20.1. The molecule has 1 saturated carbocycles. The van der Waals surface area contributed by atoms with Gasteiger partial charge in [0.2, 0.25) is 0 Å². The van der Waals surface area contributed by atoms with E-state index >= 15 is 0 Å². The first-order valence-corrected chi connectivity index (χ1v) is 9.29. The van der Waals surface area contributed by atoms with Gasteiger partial charge in [-0.3, -0.25) is 4.99 Å². The first kappa shape index (κ1) is 17.6. The van der Waals surface area contributed by atoms with Gasteiger partial charge in [-0.15, -0.1) is 6.58 Å². The van der Waals surface area contributed by atoms with E-state index in [9.17, 15) is 5.11 Å². The molecule has 2 aromatic carbocycles. The van der Waals surface area contributed by atoms with Crippen LogP contribution in [0.4, 0.5) is 0 Å². The van der Waals surface area contributed by atoms with Crippen LogP contribution in [0.1, 0.15) is 43.2 Å². The molecule has 0 saturated heterocycles. The van der Waals surface area contributed by atoms with E-state index in [1.54, 1.807) is 6.08 Å². The van der Waals surface area contributed by atoms with Gasteiger partial charge in [-0.05, 0) is 18.8 Å². The lowest BCUT2D eigenvalue weighted by atomic mass is 9.82. The van der Waals surface area contributed by atoms with Gasteiger partial charge in [-0.2, -0.15) is 0 Å². The van der Waals surface area contributed by atoms with Crippen molar-refractivity contribution >= 4 is 5.71 Å². The molecule has 0 aromatic heterocycles. The summed E-state index contributed by atoms with van der Waals surface area (Å²) in [5.74, 6) is 0.327. The maximum Gasteiger partial charge on any atom is 0.0946 e. The second kappa shape index (κ2) is 8.77. The average Bonchev–Trinajstić information content (AvgIpc) is 2.70. The van der Waals surface area contributed by atoms with E-state index in [2.05, 4.69) is 30.8 Å². The van der Waals surface area contributed by atoms with Crippen molar-refractivity contribution in [2.45, 2.75) is 44.2 Å². The van der Waals surface area contributed by atoms with Crippen LogP contribution in [-0.2, 0) is 0 Å². The van der Waals surface area contributed by atoms with Gasteiger partial charge in [0.15, 0.2) is 0 Å². The molecule has 25 heavy (non-hydrogen) atoms. The lowest BCUT2D eigenvalue weighted by Crippen LogP contribution is -2.33. The summed E-state index contributed by atoms with van der Waals surface area (Å²) in [4.78, 5) is 4.96. The van der Waals surface area contributed by atoms with E-state index < -0.39 is 6.10 Å². The molecule has 0 amide bonds. The van der Waals surface area contributed by atoms with E-state index in [-0.39, 0.29) is 6.04 Å². The largest absolute Gasteiger partial charge is 0.390 e. The van der Waals surface area contributed by atoms with Crippen molar-refractivity contribution in [3.05, 3.63) is 84.4 Å². The molecule has 1 fully saturated rings. The fraction of sp³-hybridized carbons (Fsp3) is 0.348. The Kier molecular flexibility index (Phi) is 6.19. The van der Waals surface area contributed by atoms with Gasteiger partial charge < -0.3 is 5.11 Å². The minimum absolute atomic E-state index is 0.279. The Morgan fingerprint density at radius 3 is 1.92 bits per heavy atom. The number of nitrogens with zero attached hydrogens (tertiary/aromatic N) is 1. The highest BCUT2D eigenvalue weighted by Crippen LogP contribution is 2.29. The normalized spacial score (nSPS) is 17.5. The van der Waals surface area contributed by atoms with Gasteiger partial charge in [0.25, 0.3) is 0 Å². The minimum atomic E-state index is -0.458. The Bertz CT molecular complexity index is 645. The zero-order valence-corrected chi connectivity index (χ0v) is 14.7. The van der Waals surface area contributed by atoms with Gasteiger partial charge in [0, 0.05) is 11.1 Å². The Hall–Kier alpha value is -2.19. The van der Waals surface area contributed by atoms with Crippen LogP contribution in [0.15, 0.2) is 78.3 Å². The van der Waals surface area contributed by atoms with Crippen LogP contribution < -0.4 is 0 Å². The topological polar surface area (TPSA) is 32.6 Å².